The fourth-order valence-corrected chi connectivity index (χ4v) is 1.47. The minimum atomic E-state index is -0.471. The van der Waals surface area contributed by atoms with Crippen LogP contribution in [0, 0.1) is 0 Å². The smallest absolute Gasteiger partial charge is 0.311 e. The zero-order valence-corrected chi connectivity index (χ0v) is 13.2. The molecule has 0 radical (unpaired) electrons. The lowest BCUT2D eigenvalue weighted by atomic mass is 10.2. The van der Waals surface area contributed by atoms with Crippen molar-refractivity contribution >= 4 is 11.9 Å². The van der Waals surface area contributed by atoms with Gasteiger partial charge in [0.2, 0.25) is 5.75 Å². The molecule has 0 atom stereocenters. The normalized spacial score (nSPS) is 10.9. The SMILES string of the molecule is CCC(=O)Oc1cccc(OC(C)(C)C)c1OC(=O)CC. The molecule has 0 aromatic heterocycles. The summed E-state index contributed by atoms with van der Waals surface area (Å²) in [6.07, 6.45) is 0.441. The van der Waals surface area contributed by atoms with Gasteiger partial charge < -0.3 is 14.2 Å². The Labute approximate surface area is 125 Å². The standard InChI is InChI=1S/C16H22O5/c1-6-13(17)19-11-9-8-10-12(21-16(3,4)5)15(11)20-14(18)7-2/h8-10H,6-7H2,1-5H3. The highest BCUT2D eigenvalue weighted by Gasteiger charge is 2.21. The third kappa shape index (κ3) is 5.45. The second-order valence-corrected chi connectivity index (χ2v) is 5.45. The Hall–Kier alpha value is -2.04. The first kappa shape index (κ1) is 17.0. The van der Waals surface area contributed by atoms with Gasteiger partial charge in [0.05, 0.1) is 0 Å². The van der Waals surface area contributed by atoms with E-state index in [9.17, 15) is 9.59 Å². The summed E-state index contributed by atoms with van der Waals surface area (Å²) in [5, 5.41) is 0. The molecule has 0 aliphatic rings. The molecular formula is C16H22O5. The number of ether oxygens (including phenoxy) is 3. The van der Waals surface area contributed by atoms with Crippen molar-refractivity contribution in [2.24, 2.45) is 0 Å². The number of carbonyl (C=O) groups is 2. The van der Waals surface area contributed by atoms with Crippen molar-refractivity contribution in [2.45, 2.75) is 53.1 Å². The van der Waals surface area contributed by atoms with Crippen molar-refractivity contribution in [3.8, 4) is 17.2 Å². The third-order valence-corrected chi connectivity index (χ3v) is 2.38. The van der Waals surface area contributed by atoms with Crippen molar-refractivity contribution in [2.75, 3.05) is 0 Å². The lowest BCUT2D eigenvalue weighted by molar-refractivity contribution is -0.137. The van der Waals surface area contributed by atoms with E-state index in [0.717, 1.165) is 0 Å². The lowest BCUT2D eigenvalue weighted by Crippen LogP contribution is -2.24. The first-order valence-corrected chi connectivity index (χ1v) is 7.00. The second-order valence-electron chi connectivity index (χ2n) is 5.45. The van der Waals surface area contributed by atoms with Crippen LogP contribution in [0.5, 0.6) is 17.2 Å². The highest BCUT2D eigenvalue weighted by molar-refractivity contribution is 5.77. The summed E-state index contributed by atoms with van der Waals surface area (Å²) in [6, 6.07) is 4.93. The summed E-state index contributed by atoms with van der Waals surface area (Å²) in [5.74, 6) is -0.136. The fraction of sp³-hybridized carbons (Fsp3) is 0.500. The van der Waals surface area contributed by atoms with E-state index in [1.54, 1.807) is 32.0 Å². The van der Waals surface area contributed by atoms with Gasteiger partial charge >= 0.3 is 11.9 Å². The molecule has 116 valence electrons. The van der Waals surface area contributed by atoms with Crippen molar-refractivity contribution < 1.29 is 23.8 Å². The molecule has 0 fully saturated rings. The molecule has 1 aromatic carbocycles. The van der Waals surface area contributed by atoms with Crippen LogP contribution >= 0.6 is 0 Å². The average molecular weight is 294 g/mol. The summed E-state index contributed by atoms with van der Waals surface area (Å²) < 4.78 is 16.2. The zero-order valence-electron chi connectivity index (χ0n) is 13.2. The molecule has 0 unspecified atom stereocenters. The summed E-state index contributed by atoms with van der Waals surface area (Å²) >= 11 is 0. The molecule has 1 rings (SSSR count). The fourth-order valence-electron chi connectivity index (χ4n) is 1.47. The number of rotatable bonds is 5. The van der Waals surface area contributed by atoms with Crippen LogP contribution in [0.2, 0.25) is 0 Å². The number of hydrogen-bond donors (Lipinski definition) is 0. The Kier molecular flexibility index (Phi) is 5.76. The molecule has 0 bridgehead atoms. The summed E-state index contributed by atoms with van der Waals surface area (Å²) in [4.78, 5) is 23.1. The van der Waals surface area contributed by atoms with Gasteiger partial charge in [0.15, 0.2) is 11.5 Å². The van der Waals surface area contributed by atoms with E-state index >= 15 is 0 Å². The lowest BCUT2D eigenvalue weighted by Gasteiger charge is -2.23. The van der Waals surface area contributed by atoms with Crippen molar-refractivity contribution in [1.82, 2.24) is 0 Å². The van der Waals surface area contributed by atoms with E-state index in [1.807, 2.05) is 20.8 Å². The van der Waals surface area contributed by atoms with Crippen LogP contribution in [0.25, 0.3) is 0 Å². The number of carbonyl (C=O) groups excluding carboxylic acids is 2. The predicted octanol–water partition coefficient (Wildman–Crippen LogP) is 3.49. The van der Waals surface area contributed by atoms with Crippen molar-refractivity contribution in [3.63, 3.8) is 0 Å². The Morgan fingerprint density at radius 3 is 2.00 bits per heavy atom. The Morgan fingerprint density at radius 1 is 0.952 bits per heavy atom. The van der Waals surface area contributed by atoms with Gasteiger partial charge in [-0.1, -0.05) is 19.9 Å². The number of esters is 2. The van der Waals surface area contributed by atoms with Crippen molar-refractivity contribution in [3.05, 3.63) is 18.2 Å². The van der Waals surface area contributed by atoms with Gasteiger partial charge in [-0.05, 0) is 32.9 Å². The topological polar surface area (TPSA) is 61.8 Å². The van der Waals surface area contributed by atoms with Gasteiger partial charge in [-0.2, -0.15) is 0 Å². The van der Waals surface area contributed by atoms with Gasteiger partial charge in [0.25, 0.3) is 0 Å². The molecule has 21 heavy (non-hydrogen) atoms. The predicted molar refractivity (Wildman–Crippen MR) is 78.7 cm³/mol. The molecule has 0 aliphatic carbocycles. The van der Waals surface area contributed by atoms with Crippen molar-refractivity contribution in [1.29, 1.82) is 0 Å². The third-order valence-electron chi connectivity index (χ3n) is 2.38. The van der Waals surface area contributed by atoms with Crippen LogP contribution in [-0.4, -0.2) is 17.5 Å². The monoisotopic (exact) mass is 294 g/mol. The Bertz CT molecular complexity index is 514. The Morgan fingerprint density at radius 2 is 1.48 bits per heavy atom. The second kappa shape index (κ2) is 7.11. The highest BCUT2D eigenvalue weighted by Crippen LogP contribution is 2.39. The quantitative estimate of drug-likeness (QED) is 0.614. The summed E-state index contributed by atoms with van der Waals surface area (Å²) in [6.45, 7) is 9.01. The maximum Gasteiger partial charge on any atom is 0.311 e. The van der Waals surface area contributed by atoms with Crippen LogP contribution < -0.4 is 14.2 Å². The average Bonchev–Trinajstić information content (AvgIpc) is 2.40. The first-order chi connectivity index (χ1) is 9.76. The van der Waals surface area contributed by atoms with E-state index in [1.165, 1.54) is 0 Å². The van der Waals surface area contributed by atoms with Gasteiger partial charge in [-0.15, -0.1) is 0 Å². The summed E-state index contributed by atoms with van der Waals surface area (Å²) in [7, 11) is 0. The molecule has 0 N–H and O–H groups in total. The zero-order chi connectivity index (χ0) is 16.0. The van der Waals surface area contributed by atoms with Crippen LogP contribution in [0.4, 0.5) is 0 Å². The van der Waals surface area contributed by atoms with E-state index < -0.39 is 17.5 Å². The maximum absolute atomic E-state index is 11.6. The number of para-hydroxylation sites is 1. The molecule has 5 heteroatoms. The van der Waals surface area contributed by atoms with Crippen LogP contribution in [0.3, 0.4) is 0 Å². The molecule has 0 saturated heterocycles. The van der Waals surface area contributed by atoms with Gasteiger partial charge in [0, 0.05) is 12.8 Å². The molecular weight excluding hydrogens is 272 g/mol. The van der Waals surface area contributed by atoms with Crippen LogP contribution in [-0.2, 0) is 9.59 Å². The molecule has 0 amide bonds. The molecule has 0 saturated carbocycles. The van der Waals surface area contributed by atoms with Gasteiger partial charge in [-0.3, -0.25) is 9.59 Å². The minimum absolute atomic E-state index is 0.140. The minimum Gasteiger partial charge on any atom is -0.484 e. The van der Waals surface area contributed by atoms with E-state index in [4.69, 9.17) is 14.2 Å². The maximum atomic E-state index is 11.6. The van der Waals surface area contributed by atoms with Gasteiger partial charge in [0.1, 0.15) is 5.60 Å². The van der Waals surface area contributed by atoms with Gasteiger partial charge in [-0.25, -0.2) is 0 Å². The number of hydrogen-bond acceptors (Lipinski definition) is 5. The van der Waals surface area contributed by atoms with E-state index in [-0.39, 0.29) is 24.3 Å². The molecule has 5 nitrogen and oxygen atoms in total. The molecule has 0 heterocycles. The summed E-state index contributed by atoms with van der Waals surface area (Å²) in [5.41, 5.74) is -0.471. The largest absolute Gasteiger partial charge is 0.484 e. The van der Waals surface area contributed by atoms with Crippen LogP contribution in [0.15, 0.2) is 18.2 Å². The Balaban J connectivity index is 3.19. The van der Waals surface area contributed by atoms with E-state index in [0.29, 0.717) is 5.75 Å². The number of benzene rings is 1. The van der Waals surface area contributed by atoms with E-state index in [2.05, 4.69) is 0 Å². The first-order valence-electron chi connectivity index (χ1n) is 7.00. The molecule has 0 aliphatic heterocycles. The molecule has 1 aromatic rings. The van der Waals surface area contributed by atoms with Crippen LogP contribution in [0.1, 0.15) is 47.5 Å². The molecule has 0 spiro atoms. The highest BCUT2D eigenvalue weighted by atomic mass is 16.6.